The number of amides is 1. The van der Waals surface area contributed by atoms with E-state index in [4.69, 9.17) is 5.73 Å². The molecule has 2 unspecified atom stereocenters. The summed E-state index contributed by atoms with van der Waals surface area (Å²) in [5.74, 6) is 0.510. The fourth-order valence-corrected chi connectivity index (χ4v) is 2.31. The largest absolute Gasteiger partial charge is 0.336 e. The van der Waals surface area contributed by atoms with Gasteiger partial charge in [0.1, 0.15) is 0 Å². The lowest BCUT2D eigenvalue weighted by molar-refractivity contribution is 0.0566. The van der Waals surface area contributed by atoms with Crippen LogP contribution in [0.3, 0.4) is 0 Å². The number of hydrogen-bond acceptors (Lipinski definition) is 3. The Bertz CT molecular complexity index is 380. The molecular formula is C13H19N3O. The van der Waals surface area contributed by atoms with Crippen LogP contribution in [0.5, 0.6) is 0 Å². The van der Waals surface area contributed by atoms with Gasteiger partial charge in [-0.25, -0.2) is 0 Å². The van der Waals surface area contributed by atoms with E-state index in [1.165, 1.54) is 0 Å². The van der Waals surface area contributed by atoms with E-state index >= 15 is 0 Å². The maximum absolute atomic E-state index is 12.3. The lowest BCUT2D eigenvalue weighted by Crippen LogP contribution is -2.47. The number of carbonyl (C=O) groups is 1. The average molecular weight is 233 g/mol. The predicted octanol–water partition coefficient (Wildman–Crippen LogP) is 1.28. The van der Waals surface area contributed by atoms with E-state index in [2.05, 4.69) is 11.9 Å². The Balaban J connectivity index is 2.12. The number of carbonyl (C=O) groups excluding carboxylic acids is 1. The van der Waals surface area contributed by atoms with Gasteiger partial charge in [-0.2, -0.15) is 0 Å². The third-order valence-corrected chi connectivity index (χ3v) is 3.48. The highest BCUT2D eigenvalue weighted by Gasteiger charge is 2.28. The number of aromatic nitrogens is 1. The molecule has 1 amide bonds. The number of rotatable bonds is 2. The molecule has 1 aliphatic rings. The van der Waals surface area contributed by atoms with Gasteiger partial charge in [0.15, 0.2) is 0 Å². The summed E-state index contributed by atoms with van der Waals surface area (Å²) in [6.07, 6.45) is 5.46. The second-order valence-electron chi connectivity index (χ2n) is 4.73. The van der Waals surface area contributed by atoms with Crippen LogP contribution in [0.2, 0.25) is 0 Å². The van der Waals surface area contributed by atoms with Gasteiger partial charge in [-0.3, -0.25) is 9.78 Å². The second kappa shape index (κ2) is 5.27. The quantitative estimate of drug-likeness (QED) is 0.837. The Hall–Kier alpha value is -1.42. The van der Waals surface area contributed by atoms with Crippen LogP contribution in [0.4, 0.5) is 0 Å². The van der Waals surface area contributed by atoms with E-state index in [1.54, 1.807) is 18.5 Å². The summed E-state index contributed by atoms with van der Waals surface area (Å²) in [7, 11) is 0. The van der Waals surface area contributed by atoms with Crippen molar-refractivity contribution in [1.29, 1.82) is 0 Å². The van der Waals surface area contributed by atoms with Crippen molar-refractivity contribution in [2.24, 2.45) is 11.7 Å². The van der Waals surface area contributed by atoms with E-state index in [9.17, 15) is 4.79 Å². The Kier molecular flexibility index (Phi) is 3.74. The summed E-state index contributed by atoms with van der Waals surface area (Å²) in [5, 5.41) is 0. The lowest BCUT2D eigenvalue weighted by Gasteiger charge is -2.37. The number of piperidine rings is 1. The first kappa shape index (κ1) is 12.0. The van der Waals surface area contributed by atoms with Gasteiger partial charge in [0.25, 0.3) is 5.91 Å². The van der Waals surface area contributed by atoms with Crippen molar-refractivity contribution < 1.29 is 4.79 Å². The molecule has 0 spiro atoms. The summed E-state index contributed by atoms with van der Waals surface area (Å²) >= 11 is 0. The Morgan fingerprint density at radius 3 is 3.06 bits per heavy atom. The van der Waals surface area contributed by atoms with Crippen molar-refractivity contribution in [3.63, 3.8) is 0 Å². The molecule has 17 heavy (non-hydrogen) atoms. The molecular weight excluding hydrogens is 214 g/mol. The third-order valence-electron chi connectivity index (χ3n) is 3.48. The first-order valence-electron chi connectivity index (χ1n) is 6.13. The third kappa shape index (κ3) is 2.64. The highest BCUT2D eigenvalue weighted by molar-refractivity contribution is 5.94. The van der Waals surface area contributed by atoms with E-state index in [-0.39, 0.29) is 5.91 Å². The molecule has 1 saturated heterocycles. The van der Waals surface area contributed by atoms with Crippen LogP contribution in [-0.2, 0) is 0 Å². The maximum Gasteiger partial charge on any atom is 0.255 e. The maximum atomic E-state index is 12.3. The van der Waals surface area contributed by atoms with Crippen molar-refractivity contribution in [2.45, 2.75) is 25.8 Å². The first-order chi connectivity index (χ1) is 8.22. The molecule has 0 aliphatic carbocycles. The van der Waals surface area contributed by atoms with Crippen molar-refractivity contribution in [1.82, 2.24) is 9.88 Å². The van der Waals surface area contributed by atoms with Crippen molar-refractivity contribution in [2.75, 3.05) is 13.1 Å². The Morgan fingerprint density at radius 2 is 2.41 bits per heavy atom. The monoisotopic (exact) mass is 233 g/mol. The molecule has 92 valence electrons. The SMILES string of the molecule is CC1CCC(CN)CN1C(=O)c1cccnc1. The minimum atomic E-state index is 0.0729. The molecule has 2 rings (SSSR count). The molecule has 2 N–H and O–H groups in total. The topological polar surface area (TPSA) is 59.2 Å². The number of nitrogens with zero attached hydrogens (tertiary/aromatic N) is 2. The van der Waals surface area contributed by atoms with Crippen molar-refractivity contribution >= 4 is 5.91 Å². The Labute approximate surface area is 102 Å². The number of pyridine rings is 1. The number of nitrogens with two attached hydrogens (primary N) is 1. The van der Waals surface area contributed by atoms with Gasteiger partial charge in [-0.1, -0.05) is 0 Å². The molecule has 2 heterocycles. The predicted molar refractivity (Wildman–Crippen MR) is 66.5 cm³/mol. The number of hydrogen-bond donors (Lipinski definition) is 1. The molecule has 1 aliphatic heterocycles. The molecule has 1 aromatic rings. The zero-order chi connectivity index (χ0) is 12.3. The van der Waals surface area contributed by atoms with Gasteiger partial charge >= 0.3 is 0 Å². The van der Waals surface area contributed by atoms with Crippen LogP contribution < -0.4 is 5.73 Å². The van der Waals surface area contributed by atoms with E-state index in [0.717, 1.165) is 19.4 Å². The van der Waals surface area contributed by atoms with E-state index in [0.29, 0.717) is 24.1 Å². The van der Waals surface area contributed by atoms with Gasteiger partial charge in [0, 0.05) is 25.0 Å². The van der Waals surface area contributed by atoms with Crippen LogP contribution in [0.15, 0.2) is 24.5 Å². The molecule has 4 nitrogen and oxygen atoms in total. The molecule has 0 bridgehead atoms. The zero-order valence-electron chi connectivity index (χ0n) is 10.2. The van der Waals surface area contributed by atoms with Gasteiger partial charge in [0.05, 0.1) is 5.56 Å². The zero-order valence-corrected chi connectivity index (χ0v) is 10.2. The van der Waals surface area contributed by atoms with Crippen molar-refractivity contribution in [3.8, 4) is 0 Å². The van der Waals surface area contributed by atoms with Gasteiger partial charge < -0.3 is 10.6 Å². The summed E-state index contributed by atoms with van der Waals surface area (Å²) in [6, 6.07) is 3.90. The smallest absolute Gasteiger partial charge is 0.255 e. The Morgan fingerprint density at radius 1 is 1.59 bits per heavy atom. The molecule has 0 aromatic carbocycles. The fraction of sp³-hybridized carbons (Fsp3) is 0.538. The first-order valence-corrected chi connectivity index (χ1v) is 6.13. The van der Waals surface area contributed by atoms with Crippen LogP contribution >= 0.6 is 0 Å². The summed E-state index contributed by atoms with van der Waals surface area (Å²) in [4.78, 5) is 18.2. The minimum Gasteiger partial charge on any atom is -0.336 e. The molecule has 0 saturated carbocycles. The van der Waals surface area contributed by atoms with Gasteiger partial charge in [-0.15, -0.1) is 0 Å². The van der Waals surface area contributed by atoms with Gasteiger partial charge in [0.2, 0.25) is 0 Å². The van der Waals surface area contributed by atoms with Crippen LogP contribution in [0.25, 0.3) is 0 Å². The van der Waals surface area contributed by atoms with Crippen LogP contribution in [-0.4, -0.2) is 34.9 Å². The highest BCUT2D eigenvalue weighted by atomic mass is 16.2. The normalized spacial score (nSPS) is 24.7. The van der Waals surface area contributed by atoms with E-state index in [1.807, 2.05) is 11.0 Å². The summed E-state index contributed by atoms with van der Waals surface area (Å²) in [5.41, 5.74) is 6.36. The standard InChI is InChI=1S/C13H19N3O/c1-10-4-5-11(7-14)9-16(10)13(17)12-3-2-6-15-8-12/h2-3,6,8,10-11H,4-5,7,9,14H2,1H3. The fourth-order valence-electron chi connectivity index (χ4n) is 2.31. The molecule has 2 atom stereocenters. The molecule has 0 radical (unpaired) electrons. The van der Waals surface area contributed by atoms with Crippen molar-refractivity contribution in [3.05, 3.63) is 30.1 Å². The molecule has 1 aromatic heterocycles. The lowest BCUT2D eigenvalue weighted by atomic mass is 9.93. The van der Waals surface area contributed by atoms with Gasteiger partial charge in [-0.05, 0) is 44.4 Å². The van der Waals surface area contributed by atoms with Crippen LogP contribution in [0.1, 0.15) is 30.1 Å². The minimum absolute atomic E-state index is 0.0729. The molecule has 1 fully saturated rings. The number of likely N-dealkylation sites (tertiary alicyclic amines) is 1. The molecule has 4 heteroatoms. The second-order valence-corrected chi connectivity index (χ2v) is 4.73. The average Bonchev–Trinajstić information content (AvgIpc) is 2.39. The summed E-state index contributed by atoms with van der Waals surface area (Å²) < 4.78 is 0. The van der Waals surface area contributed by atoms with Crippen LogP contribution in [0, 0.1) is 5.92 Å². The highest BCUT2D eigenvalue weighted by Crippen LogP contribution is 2.22. The summed E-state index contributed by atoms with van der Waals surface area (Å²) in [6.45, 7) is 3.52. The van der Waals surface area contributed by atoms with E-state index < -0.39 is 0 Å².